The molecule has 1 N–H and O–H groups in total. The molecule has 1 amide bonds. The van der Waals surface area contributed by atoms with Crippen molar-refractivity contribution in [1.29, 1.82) is 0 Å². The van der Waals surface area contributed by atoms with E-state index in [1.807, 2.05) is 43.5 Å². The third-order valence-corrected chi connectivity index (χ3v) is 5.99. The summed E-state index contributed by atoms with van der Waals surface area (Å²) >= 11 is 0. The number of carbonyl (C=O) groups is 1. The molecule has 0 radical (unpaired) electrons. The molecule has 172 valence electrons. The van der Waals surface area contributed by atoms with Gasteiger partial charge in [-0.3, -0.25) is 4.79 Å². The van der Waals surface area contributed by atoms with Gasteiger partial charge in [0.1, 0.15) is 5.82 Å². The number of halogens is 2. The first kappa shape index (κ1) is 22.7. The number of carbonyl (C=O) groups excluding carboxylic acids is 1. The van der Waals surface area contributed by atoms with Crippen LogP contribution in [0.3, 0.4) is 0 Å². The smallest absolute Gasteiger partial charge is 0.220 e. The summed E-state index contributed by atoms with van der Waals surface area (Å²) in [5.74, 6) is -0.888. The highest BCUT2D eigenvalue weighted by Crippen LogP contribution is 2.23. The Labute approximate surface area is 193 Å². The highest BCUT2D eigenvalue weighted by molar-refractivity contribution is 5.76. The second kappa shape index (κ2) is 10.4. The van der Waals surface area contributed by atoms with E-state index in [9.17, 15) is 13.6 Å². The monoisotopic (exact) mass is 450 g/mol. The van der Waals surface area contributed by atoms with Crippen LogP contribution in [0.1, 0.15) is 30.5 Å². The zero-order valence-electron chi connectivity index (χ0n) is 18.7. The minimum atomic E-state index is -0.890. The molecule has 1 fully saturated rings. The highest BCUT2D eigenvalue weighted by atomic mass is 19.2. The maximum atomic E-state index is 13.3. The summed E-state index contributed by atoms with van der Waals surface area (Å²) in [5.41, 5.74) is 2.76. The van der Waals surface area contributed by atoms with Gasteiger partial charge in [-0.25, -0.2) is 13.8 Å². The zero-order chi connectivity index (χ0) is 23.2. The largest absolute Gasteiger partial charge is 0.368 e. The van der Waals surface area contributed by atoms with Crippen molar-refractivity contribution in [1.82, 2.24) is 10.3 Å². The Morgan fingerprint density at radius 1 is 0.970 bits per heavy atom. The van der Waals surface area contributed by atoms with Gasteiger partial charge in [-0.1, -0.05) is 24.3 Å². The molecule has 0 unspecified atom stereocenters. The van der Waals surface area contributed by atoms with Crippen molar-refractivity contribution in [3.63, 3.8) is 0 Å². The Bertz CT molecular complexity index is 1080. The lowest BCUT2D eigenvalue weighted by Crippen LogP contribution is -2.46. The van der Waals surface area contributed by atoms with Crippen LogP contribution in [0.25, 0.3) is 0 Å². The van der Waals surface area contributed by atoms with Crippen molar-refractivity contribution < 1.29 is 13.6 Å². The molecule has 1 saturated heterocycles. The average Bonchev–Trinajstić information content (AvgIpc) is 2.85. The van der Waals surface area contributed by atoms with Gasteiger partial charge >= 0.3 is 0 Å². The van der Waals surface area contributed by atoms with Crippen molar-refractivity contribution in [3.8, 4) is 0 Å². The number of aromatic nitrogens is 1. The first-order valence-electron chi connectivity index (χ1n) is 11.2. The standard InChI is InChI=1S/C26H28F2N4O/c1-19(30-26(33)11-9-20-8-10-23(27)24(28)17-20)21-5-4-6-22(18-21)31-13-15-32(16-14-31)25-7-2-3-12-29-25/h2-8,10,12,17-19H,9,11,13-16H2,1H3,(H,30,33)/t19-/m0/s1. The Balaban J connectivity index is 1.30. The number of nitrogens with one attached hydrogen (secondary N) is 1. The van der Waals surface area contributed by atoms with Crippen molar-refractivity contribution >= 4 is 17.4 Å². The predicted octanol–water partition coefficient (Wildman–Crippen LogP) is 4.50. The van der Waals surface area contributed by atoms with Crippen LogP contribution >= 0.6 is 0 Å². The van der Waals surface area contributed by atoms with Crippen molar-refractivity contribution in [3.05, 3.63) is 89.6 Å². The molecule has 2 aromatic carbocycles. The topological polar surface area (TPSA) is 48.5 Å². The number of rotatable bonds is 7. The lowest BCUT2D eigenvalue weighted by molar-refractivity contribution is -0.121. The van der Waals surface area contributed by atoms with Gasteiger partial charge in [0.15, 0.2) is 11.6 Å². The molecule has 1 aliphatic heterocycles. The van der Waals surface area contributed by atoms with Gasteiger partial charge in [-0.05, 0) is 60.9 Å². The minimum absolute atomic E-state index is 0.124. The first-order chi connectivity index (χ1) is 16.0. The molecule has 0 spiro atoms. The van der Waals surface area contributed by atoms with E-state index >= 15 is 0 Å². The molecule has 3 aromatic rings. The molecule has 1 atom stereocenters. The zero-order valence-corrected chi connectivity index (χ0v) is 18.7. The molecule has 5 nitrogen and oxygen atoms in total. The summed E-state index contributed by atoms with van der Waals surface area (Å²) in [6.07, 6.45) is 2.39. The van der Waals surface area contributed by atoms with Gasteiger partial charge < -0.3 is 15.1 Å². The van der Waals surface area contributed by atoms with Gasteiger partial charge in [0, 0.05) is 44.5 Å². The molecule has 0 bridgehead atoms. The Morgan fingerprint density at radius 2 is 1.76 bits per heavy atom. The van der Waals surface area contributed by atoms with Crippen molar-refractivity contribution in [2.45, 2.75) is 25.8 Å². The van der Waals surface area contributed by atoms with Crippen LogP contribution in [-0.4, -0.2) is 37.1 Å². The van der Waals surface area contributed by atoms with E-state index in [0.29, 0.717) is 12.0 Å². The van der Waals surface area contributed by atoms with Gasteiger partial charge in [0.25, 0.3) is 0 Å². The fourth-order valence-electron chi connectivity index (χ4n) is 4.08. The van der Waals surface area contributed by atoms with E-state index in [1.165, 1.54) is 6.07 Å². The Morgan fingerprint density at radius 3 is 2.48 bits per heavy atom. The fourth-order valence-corrected chi connectivity index (χ4v) is 4.08. The normalized spacial score (nSPS) is 14.8. The van der Waals surface area contributed by atoms with E-state index in [4.69, 9.17) is 0 Å². The maximum absolute atomic E-state index is 13.3. The van der Waals surface area contributed by atoms with E-state index in [-0.39, 0.29) is 18.4 Å². The van der Waals surface area contributed by atoms with Crippen LogP contribution in [0.2, 0.25) is 0 Å². The second-order valence-electron chi connectivity index (χ2n) is 8.29. The molecular formula is C26H28F2N4O. The SMILES string of the molecule is C[C@H](NC(=O)CCc1ccc(F)c(F)c1)c1cccc(N2CCN(c3ccccn3)CC2)c1. The number of pyridine rings is 1. The molecule has 0 saturated carbocycles. The number of hydrogen-bond acceptors (Lipinski definition) is 4. The van der Waals surface area contributed by atoms with Gasteiger partial charge in [0.2, 0.25) is 5.91 Å². The lowest BCUT2D eigenvalue weighted by atomic mass is 10.1. The molecule has 4 rings (SSSR count). The van der Waals surface area contributed by atoms with Crippen LogP contribution < -0.4 is 15.1 Å². The van der Waals surface area contributed by atoms with E-state index in [0.717, 1.165) is 55.4 Å². The summed E-state index contributed by atoms with van der Waals surface area (Å²) in [5, 5.41) is 3.01. The summed E-state index contributed by atoms with van der Waals surface area (Å²) in [6, 6.07) is 17.8. The number of nitrogens with zero attached hydrogens (tertiary/aromatic N) is 3. The molecule has 2 heterocycles. The van der Waals surface area contributed by atoms with Crippen molar-refractivity contribution in [2.24, 2.45) is 0 Å². The fraction of sp³-hybridized carbons (Fsp3) is 0.308. The van der Waals surface area contributed by atoms with Crippen LogP contribution in [0.4, 0.5) is 20.3 Å². The summed E-state index contributed by atoms with van der Waals surface area (Å²) in [6.45, 7) is 5.55. The third-order valence-electron chi connectivity index (χ3n) is 5.99. The molecular weight excluding hydrogens is 422 g/mol. The lowest BCUT2D eigenvalue weighted by Gasteiger charge is -2.37. The van der Waals surface area contributed by atoms with E-state index in [1.54, 1.807) is 0 Å². The number of anilines is 2. The quantitative estimate of drug-likeness (QED) is 0.576. The minimum Gasteiger partial charge on any atom is -0.368 e. The van der Waals surface area contributed by atoms with E-state index in [2.05, 4.69) is 32.2 Å². The molecule has 1 aliphatic rings. The number of benzene rings is 2. The summed E-state index contributed by atoms with van der Waals surface area (Å²) < 4.78 is 26.4. The van der Waals surface area contributed by atoms with Crippen LogP contribution in [0.15, 0.2) is 66.9 Å². The highest BCUT2D eigenvalue weighted by Gasteiger charge is 2.19. The number of amides is 1. The van der Waals surface area contributed by atoms with Gasteiger partial charge in [-0.15, -0.1) is 0 Å². The maximum Gasteiger partial charge on any atom is 0.220 e. The number of piperazine rings is 1. The average molecular weight is 451 g/mol. The van der Waals surface area contributed by atoms with Crippen LogP contribution in [-0.2, 0) is 11.2 Å². The van der Waals surface area contributed by atoms with Gasteiger partial charge in [0.05, 0.1) is 6.04 Å². The second-order valence-corrected chi connectivity index (χ2v) is 8.29. The first-order valence-corrected chi connectivity index (χ1v) is 11.2. The molecule has 1 aromatic heterocycles. The molecule has 7 heteroatoms. The Kier molecular flexibility index (Phi) is 7.17. The Hall–Kier alpha value is -3.48. The number of hydrogen-bond donors (Lipinski definition) is 1. The number of aryl methyl sites for hydroxylation is 1. The summed E-state index contributed by atoms with van der Waals surface area (Å²) in [7, 11) is 0. The third kappa shape index (κ3) is 5.86. The molecule has 33 heavy (non-hydrogen) atoms. The van der Waals surface area contributed by atoms with Crippen LogP contribution in [0.5, 0.6) is 0 Å². The van der Waals surface area contributed by atoms with Gasteiger partial charge in [-0.2, -0.15) is 0 Å². The van der Waals surface area contributed by atoms with Crippen LogP contribution in [0, 0.1) is 11.6 Å². The molecule has 0 aliphatic carbocycles. The predicted molar refractivity (Wildman–Crippen MR) is 126 cm³/mol. The van der Waals surface area contributed by atoms with E-state index < -0.39 is 11.6 Å². The summed E-state index contributed by atoms with van der Waals surface area (Å²) in [4.78, 5) is 21.5. The van der Waals surface area contributed by atoms with Crippen molar-refractivity contribution in [2.75, 3.05) is 36.0 Å².